The number of anilines is 2. The first-order valence-electron chi connectivity index (χ1n) is 7.89. The highest BCUT2D eigenvalue weighted by atomic mass is 16.5. The van der Waals surface area contributed by atoms with Gasteiger partial charge < -0.3 is 15.4 Å². The van der Waals surface area contributed by atoms with E-state index in [0.29, 0.717) is 23.5 Å². The third-order valence-corrected chi connectivity index (χ3v) is 3.40. The molecule has 2 aromatic rings. The smallest absolute Gasteiger partial charge is 0.265 e. The molecule has 0 aliphatic rings. The van der Waals surface area contributed by atoms with Crippen LogP contribution in [0.15, 0.2) is 48.5 Å². The molecule has 0 heterocycles. The van der Waals surface area contributed by atoms with Gasteiger partial charge >= 0.3 is 0 Å². The quantitative estimate of drug-likeness (QED) is 0.849. The molecule has 2 amide bonds. The van der Waals surface area contributed by atoms with Crippen molar-refractivity contribution in [3.63, 3.8) is 0 Å². The molecule has 126 valence electrons. The lowest BCUT2D eigenvalue weighted by molar-refractivity contribution is -0.122. The Hall–Kier alpha value is -2.82. The monoisotopic (exact) mass is 326 g/mol. The third-order valence-electron chi connectivity index (χ3n) is 3.40. The number of benzene rings is 2. The Morgan fingerprint density at radius 3 is 2.21 bits per heavy atom. The standard InChI is InChI=1S/C19H22N2O3/c1-4-18(24-17-7-5-6-13(2)12-17)19(23)21-16-10-8-15(9-11-16)20-14(3)22/h5-12,18H,4H2,1-3H3,(H,20,22)(H,21,23)/t18-/m1/s1. The van der Waals surface area contributed by atoms with Crippen molar-refractivity contribution in [1.82, 2.24) is 0 Å². The molecule has 2 rings (SSSR count). The lowest BCUT2D eigenvalue weighted by atomic mass is 10.2. The van der Waals surface area contributed by atoms with Crippen LogP contribution in [0.25, 0.3) is 0 Å². The number of rotatable bonds is 6. The maximum Gasteiger partial charge on any atom is 0.265 e. The summed E-state index contributed by atoms with van der Waals surface area (Å²) in [5.74, 6) is 0.341. The molecule has 1 atom stereocenters. The van der Waals surface area contributed by atoms with Crippen LogP contribution in [0, 0.1) is 6.92 Å². The van der Waals surface area contributed by atoms with Gasteiger partial charge in [0.05, 0.1) is 0 Å². The summed E-state index contributed by atoms with van der Waals surface area (Å²) in [5.41, 5.74) is 2.42. The van der Waals surface area contributed by atoms with Crippen molar-refractivity contribution in [2.24, 2.45) is 0 Å². The van der Waals surface area contributed by atoms with E-state index >= 15 is 0 Å². The van der Waals surface area contributed by atoms with Gasteiger partial charge in [-0.25, -0.2) is 0 Å². The number of carbonyl (C=O) groups is 2. The zero-order valence-corrected chi connectivity index (χ0v) is 14.1. The second-order valence-electron chi connectivity index (χ2n) is 5.58. The molecule has 0 spiro atoms. The summed E-state index contributed by atoms with van der Waals surface area (Å²) < 4.78 is 5.79. The summed E-state index contributed by atoms with van der Waals surface area (Å²) in [4.78, 5) is 23.4. The van der Waals surface area contributed by atoms with Gasteiger partial charge in [0.15, 0.2) is 6.10 Å². The first kappa shape index (κ1) is 17.5. The molecular weight excluding hydrogens is 304 g/mol. The summed E-state index contributed by atoms with van der Waals surface area (Å²) in [7, 11) is 0. The van der Waals surface area contributed by atoms with E-state index in [1.807, 2.05) is 38.1 Å². The van der Waals surface area contributed by atoms with Gasteiger partial charge in [0.2, 0.25) is 5.91 Å². The van der Waals surface area contributed by atoms with Crippen LogP contribution in [0.4, 0.5) is 11.4 Å². The maximum atomic E-state index is 12.4. The van der Waals surface area contributed by atoms with Crippen molar-refractivity contribution in [1.29, 1.82) is 0 Å². The molecule has 0 fully saturated rings. The van der Waals surface area contributed by atoms with Crippen molar-refractivity contribution in [3.8, 4) is 5.75 Å². The minimum Gasteiger partial charge on any atom is -0.481 e. The van der Waals surface area contributed by atoms with E-state index in [4.69, 9.17) is 4.74 Å². The summed E-state index contributed by atoms with van der Waals surface area (Å²) in [5, 5.41) is 5.51. The van der Waals surface area contributed by atoms with E-state index in [9.17, 15) is 9.59 Å². The van der Waals surface area contributed by atoms with E-state index in [1.54, 1.807) is 24.3 Å². The predicted octanol–water partition coefficient (Wildman–Crippen LogP) is 3.75. The molecule has 2 aromatic carbocycles. The summed E-state index contributed by atoms with van der Waals surface area (Å²) >= 11 is 0. The lowest BCUT2D eigenvalue weighted by Gasteiger charge is -2.17. The highest BCUT2D eigenvalue weighted by Gasteiger charge is 2.18. The number of hydrogen-bond donors (Lipinski definition) is 2. The van der Waals surface area contributed by atoms with E-state index in [1.165, 1.54) is 6.92 Å². The molecule has 0 aromatic heterocycles. The van der Waals surface area contributed by atoms with Gasteiger partial charge in [0.1, 0.15) is 5.75 Å². The van der Waals surface area contributed by atoms with Gasteiger partial charge in [-0.3, -0.25) is 9.59 Å². The predicted molar refractivity (Wildman–Crippen MR) is 95.3 cm³/mol. The maximum absolute atomic E-state index is 12.4. The highest BCUT2D eigenvalue weighted by Crippen LogP contribution is 2.18. The number of hydrogen-bond acceptors (Lipinski definition) is 3. The Morgan fingerprint density at radius 1 is 1.04 bits per heavy atom. The topological polar surface area (TPSA) is 67.4 Å². The Bertz CT molecular complexity index is 711. The average molecular weight is 326 g/mol. The van der Waals surface area contributed by atoms with E-state index in [-0.39, 0.29) is 11.8 Å². The van der Waals surface area contributed by atoms with Gasteiger partial charge in [0, 0.05) is 18.3 Å². The van der Waals surface area contributed by atoms with E-state index in [0.717, 1.165) is 5.56 Å². The number of amides is 2. The molecule has 24 heavy (non-hydrogen) atoms. The van der Waals surface area contributed by atoms with E-state index < -0.39 is 6.10 Å². The number of aryl methyl sites for hydroxylation is 1. The number of carbonyl (C=O) groups excluding carboxylic acids is 2. The molecule has 0 radical (unpaired) electrons. The average Bonchev–Trinajstić information content (AvgIpc) is 2.54. The first-order valence-corrected chi connectivity index (χ1v) is 7.89. The van der Waals surface area contributed by atoms with Crippen molar-refractivity contribution in [2.75, 3.05) is 10.6 Å². The van der Waals surface area contributed by atoms with Crippen LogP contribution in [-0.4, -0.2) is 17.9 Å². The van der Waals surface area contributed by atoms with Crippen molar-refractivity contribution in [3.05, 3.63) is 54.1 Å². The zero-order chi connectivity index (χ0) is 17.5. The lowest BCUT2D eigenvalue weighted by Crippen LogP contribution is -2.32. The van der Waals surface area contributed by atoms with Crippen LogP contribution in [0.3, 0.4) is 0 Å². The normalized spacial score (nSPS) is 11.5. The van der Waals surface area contributed by atoms with Gasteiger partial charge in [0.25, 0.3) is 5.91 Å². The third kappa shape index (κ3) is 5.12. The van der Waals surface area contributed by atoms with Crippen molar-refractivity contribution < 1.29 is 14.3 Å². The Balaban J connectivity index is 1.99. The molecular formula is C19H22N2O3. The zero-order valence-electron chi connectivity index (χ0n) is 14.1. The van der Waals surface area contributed by atoms with Crippen LogP contribution < -0.4 is 15.4 Å². The molecule has 2 N–H and O–H groups in total. The highest BCUT2D eigenvalue weighted by molar-refractivity contribution is 5.95. The Kier molecular flexibility index (Phi) is 5.95. The van der Waals surface area contributed by atoms with E-state index in [2.05, 4.69) is 10.6 Å². The molecule has 5 heteroatoms. The number of ether oxygens (including phenoxy) is 1. The number of nitrogens with one attached hydrogen (secondary N) is 2. The molecule has 0 aliphatic carbocycles. The fraction of sp³-hybridized carbons (Fsp3) is 0.263. The summed E-state index contributed by atoms with van der Waals surface area (Å²) in [6, 6.07) is 14.6. The van der Waals surface area contributed by atoms with Crippen LogP contribution >= 0.6 is 0 Å². The Morgan fingerprint density at radius 2 is 1.67 bits per heavy atom. The molecule has 0 aliphatic heterocycles. The first-order chi connectivity index (χ1) is 11.5. The summed E-state index contributed by atoms with van der Waals surface area (Å²) in [6.07, 6.45) is -0.00848. The van der Waals surface area contributed by atoms with Crippen molar-refractivity contribution in [2.45, 2.75) is 33.3 Å². The Labute approximate surface area is 142 Å². The van der Waals surface area contributed by atoms with Crippen LogP contribution in [0.2, 0.25) is 0 Å². The fourth-order valence-corrected chi connectivity index (χ4v) is 2.24. The van der Waals surface area contributed by atoms with Crippen LogP contribution in [0.5, 0.6) is 5.75 Å². The second kappa shape index (κ2) is 8.15. The summed E-state index contributed by atoms with van der Waals surface area (Å²) in [6.45, 7) is 5.33. The molecule has 0 saturated heterocycles. The fourth-order valence-electron chi connectivity index (χ4n) is 2.24. The van der Waals surface area contributed by atoms with Gasteiger partial charge in [-0.1, -0.05) is 19.1 Å². The molecule has 0 saturated carbocycles. The molecule has 0 bridgehead atoms. The van der Waals surface area contributed by atoms with Gasteiger partial charge in [-0.15, -0.1) is 0 Å². The van der Waals surface area contributed by atoms with Crippen LogP contribution in [0.1, 0.15) is 25.8 Å². The minimum atomic E-state index is -0.568. The minimum absolute atomic E-state index is 0.135. The molecule has 0 unspecified atom stereocenters. The largest absolute Gasteiger partial charge is 0.481 e. The van der Waals surface area contributed by atoms with Crippen LogP contribution in [-0.2, 0) is 9.59 Å². The SMILES string of the molecule is CC[C@@H](Oc1cccc(C)c1)C(=O)Nc1ccc(NC(C)=O)cc1. The van der Waals surface area contributed by atoms with Crippen molar-refractivity contribution >= 4 is 23.2 Å². The second-order valence-corrected chi connectivity index (χ2v) is 5.58. The van der Waals surface area contributed by atoms with Gasteiger partial charge in [-0.05, 0) is 55.3 Å². The van der Waals surface area contributed by atoms with Gasteiger partial charge in [-0.2, -0.15) is 0 Å². The molecule has 5 nitrogen and oxygen atoms in total.